The maximum absolute atomic E-state index is 12.4. The molecule has 0 fully saturated rings. The fourth-order valence-corrected chi connectivity index (χ4v) is 4.75. The van der Waals surface area contributed by atoms with Crippen molar-refractivity contribution < 1.29 is 19.1 Å². The Hall–Kier alpha value is -3.32. The molecule has 0 aliphatic heterocycles. The average Bonchev–Trinajstić information content (AvgIpc) is 3.54. The van der Waals surface area contributed by atoms with Crippen LogP contribution in [0.15, 0.2) is 70.7 Å². The Morgan fingerprint density at radius 3 is 1.55 bits per heavy atom. The standard InChI is InChI=1S/C26H30N6O4S2/c1-15(25(27)31-21-11-19(37-3)7-5-17(21)13-29-31)35-23(33)9-10-24(34)36-16(2)26(28)32-22-12-20(38-4)8-6-18(22)14-30-32/h5-16,25-26H,27-28H2,1-4H3/b10-9+. The zero-order chi connectivity index (χ0) is 27.4. The van der Waals surface area contributed by atoms with Crippen molar-refractivity contribution in [2.45, 2.75) is 48.2 Å². The first-order chi connectivity index (χ1) is 18.2. The van der Waals surface area contributed by atoms with E-state index in [2.05, 4.69) is 10.2 Å². The Labute approximate surface area is 228 Å². The Balaban J connectivity index is 1.34. The highest BCUT2D eigenvalue weighted by Crippen LogP contribution is 2.25. The van der Waals surface area contributed by atoms with Gasteiger partial charge in [-0.2, -0.15) is 10.2 Å². The minimum atomic E-state index is -0.731. The summed E-state index contributed by atoms with van der Waals surface area (Å²) in [6.45, 7) is 3.33. The number of nitrogens with two attached hydrogens (primary N) is 2. The number of carbonyl (C=O) groups excluding carboxylic acids is 2. The van der Waals surface area contributed by atoms with E-state index < -0.39 is 36.5 Å². The largest absolute Gasteiger partial charge is 0.456 e. The van der Waals surface area contributed by atoms with Crippen molar-refractivity contribution >= 4 is 57.3 Å². The van der Waals surface area contributed by atoms with Crippen molar-refractivity contribution in [1.29, 1.82) is 0 Å². The summed E-state index contributed by atoms with van der Waals surface area (Å²) >= 11 is 3.22. The lowest BCUT2D eigenvalue weighted by molar-refractivity contribution is -0.147. The molecule has 4 unspecified atom stereocenters. The summed E-state index contributed by atoms with van der Waals surface area (Å²) in [4.78, 5) is 26.9. The van der Waals surface area contributed by atoms with E-state index >= 15 is 0 Å². The zero-order valence-electron chi connectivity index (χ0n) is 21.5. The number of benzene rings is 2. The Morgan fingerprint density at radius 1 is 0.789 bits per heavy atom. The minimum absolute atomic E-state index is 0.712. The van der Waals surface area contributed by atoms with Gasteiger partial charge in [-0.25, -0.2) is 19.0 Å². The van der Waals surface area contributed by atoms with Crippen LogP contribution in [0.1, 0.15) is 26.2 Å². The number of fused-ring (bicyclic) bond motifs is 2. The van der Waals surface area contributed by atoms with Crippen LogP contribution in [0.4, 0.5) is 0 Å². The molecule has 2 heterocycles. The maximum Gasteiger partial charge on any atom is 0.331 e. The molecule has 0 saturated heterocycles. The molecule has 2 aromatic carbocycles. The third kappa shape index (κ3) is 6.04. The molecule has 0 spiro atoms. The summed E-state index contributed by atoms with van der Waals surface area (Å²) in [5, 5.41) is 10.6. The molecule has 0 bridgehead atoms. The highest BCUT2D eigenvalue weighted by atomic mass is 32.2. The molecule has 0 aliphatic rings. The van der Waals surface area contributed by atoms with E-state index in [-0.39, 0.29) is 0 Å². The van der Waals surface area contributed by atoms with Gasteiger partial charge in [0.1, 0.15) is 24.5 Å². The van der Waals surface area contributed by atoms with Gasteiger partial charge in [-0.1, -0.05) is 12.1 Å². The van der Waals surface area contributed by atoms with Gasteiger partial charge >= 0.3 is 11.9 Å². The molecule has 2 aromatic heterocycles. The molecule has 0 aliphatic carbocycles. The van der Waals surface area contributed by atoms with E-state index in [0.717, 1.165) is 43.7 Å². The molecule has 38 heavy (non-hydrogen) atoms. The molecule has 4 N–H and O–H groups in total. The lowest BCUT2D eigenvalue weighted by atomic mass is 10.2. The van der Waals surface area contributed by atoms with Gasteiger partial charge in [-0.05, 0) is 50.6 Å². The fraction of sp³-hybridized carbons (Fsp3) is 0.308. The van der Waals surface area contributed by atoms with Crippen LogP contribution in [0, 0.1) is 0 Å². The van der Waals surface area contributed by atoms with E-state index in [1.165, 1.54) is 0 Å². The molecular weight excluding hydrogens is 524 g/mol. The number of esters is 2. The normalized spacial score (nSPS) is 15.0. The summed E-state index contributed by atoms with van der Waals surface area (Å²) in [6, 6.07) is 11.9. The molecule has 4 aromatic rings. The molecule has 200 valence electrons. The van der Waals surface area contributed by atoms with Gasteiger partial charge in [0.15, 0.2) is 0 Å². The van der Waals surface area contributed by atoms with Crippen molar-refractivity contribution in [1.82, 2.24) is 19.6 Å². The Bertz CT molecular complexity index is 1370. The monoisotopic (exact) mass is 554 g/mol. The third-order valence-corrected chi connectivity index (χ3v) is 7.55. The van der Waals surface area contributed by atoms with Gasteiger partial charge in [0.25, 0.3) is 0 Å². The number of carbonyl (C=O) groups is 2. The second-order valence-electron chi connectivity index (χ2n) is 8.63. The number of hydrogen-bond donors (Lipinski definition) is 2. The highest BCUT2D eigenvalue weighted by Gasteiger charge is 2.23. The molecule has 4 atom stereocenters. The van der Waals surface area contributed by atoms with Crippen LogP contribution in [-0.2, 0) is 19.1 Å². The van der Waals surface area contributed by atoms with Gasteiger partial charge in [-0.15, -0.1) is 23.5 Å². The van der Waals surface area contributed by atoms with E-state index in [1.807, 2.05) is 48.9 Å². The molecule has 12 heteroatoms. The number of thioether (sulfide) groups is 2. The van der Waals surface area contributed by atoms with E-state index in [9.17, 15) is 9.59 Å². The van der Waals surface area contributed by atoms with Crippen molar-refractivity contribution in [3.05, 3.63) is 60.9 Å². The van der Waals surface area contributed by atoms with Crippen molar-refractivity contribution in [3.8, 4) is 0 Å². The van der Waals surface area contributed by atoms with Crippen LogP contribution < -0.4 is 11.5 Å². The molecule has 0 amide bonds. The van der Waals surface area contributed by atoms with Gasteiger partial charge in [-0.3, -0.25) is 0 Å². The van der Waals surface area contributed by atoms with E-state index in [4.69, 9.17) is 20.9 Å². The summed E-state index contributed by atoms with van der Waals surface area (Å²) < 4.78 is 14.1. The maximum atomic E-state index is 12.4. The second-order valence-corrected chi connectivity index (χ2v) is 10.4. The average molecular weight is 555 g/mol. The van der Waals surface area contributed by atoms with Crippen LogP contribution >= 0.6 is 23.5 Å². The predicted molar refractivity (Wildman–Crippen MR) is 150 cm³/mol. The highest BCUT2D eigenvalue weighted by molar-refractivity contribution is 7.98. The first-order valence-corrected chi connectivity index (χ1v) is 14.3. The Morgan fingerprint density at radius 2 is 1.18 bits per heavy atom. The smallest absolute Gasteiger partial charge is 0.331 e. The van der Waals surface area contributed by atoms with E-state index in [0.29, 0.717) is 0 Å². The number of ether oxygens (including phenoxy) is 2. The molecule has 0 radical (unpaired) electrons. The first kappa shape index (κ1) is 27.7. The number of hydrogen-bond acceptors (Lipinski definition) is 10. The van der Waals surface area contributed by atoms with Crippen LogP contribution in [-0.4, -0.2) is 56.2 Å². The lowest BCUT2D eigenvalue weighted by Crippen LogP contribution is -2.34. The lowest BCUT2D eigenvalue weighted by Gasteiger charge is -2.21. The summed E-state index contributed by atoms with van der Waals surface area (Å²) in [5.74, 6) is -1.46. The van der Waals surface area contributed by atoms with Gasteiger partial charge < -0.3 is 20.9 Å². The van der Waals surface area contributed by atoms with Crippen LogP contribution in [0.2, 0.25) is 0 Å². The molecule has 0 saturated carbocycles. The molecular formula is C26H30N6O4S2. The van der Waals surface area contributed by atoms with Gasteiger partial charge in [0.2, 0.25) is 0 Å². The van der Waals surface area contributed by atoms with E-state index in [1.54, 1.807) is 59.1 Å². The summed E-state index contributed by atoms with van der Waals surface area (Å²) in [5.41, 5.74) is 14.3. The third-order valence-electron chi connectivity index (χ3n) is 6.10. The zero-order valence-corrected chi connectivity index (χ0v) is 23.1. The summed E-state index contributed by atoms with van der Waals surface area (Å²) in [6.07, 6.45) is 6.54. The SMILES string of the molecule is CSc1ccc2cnn(C(N)C(C)OC(=O)/C=C/C(=O)OC(C)C(N)n3ncc4ccc(SC)cc43)c2c1. The topological polar surface area (TPSA) is 140 Å². The second kappa shape index (κ2) is 12.0. The van der Waals surface area contributed by atoms with Crippen LogP contribution in [0.25, 0.3) is 21.8 Å². The summed E-state index contributed by atoms with van der Waals surface area (Å²) in [7, 11) is 0. The van der Waals surface area contributed by atoms with Crippen LogP contribution in [0.5, 0.6) is 0 Å². The van der Waals surface area contributed by atoms with Gasteiger partial charge in [0, 0.05) is 32.7 Å². The van der Waals surface area contributed by atoms with Crippen LogP contribution in [0.3, 0.4) is 0 Å². The minimum Gasteiger partial charge on any atom is -0.456 e. The van der Waals surface area contributed by atoms with Crippen molar-refractivity contribution in [3.63, 3.8) is 0 Å². The first-order valence-electron chi connectivity index (χ1n) is 11.8. The molecule has 10 nitrogen and oxygen atoms in total. The van der Waals surface area contributed by atoms with Gasteiger partial charge in [0.05, 0.1) is 23.4 Å². The number of aromatic nitrogens is 4. The quantitative estimate of drug-likeness (QED) is 0.169. The fourth-order valence-electron chi connectivity index (χ4n) is 3.88. The number of nitrogens with zero attached hydrogens (tertiary/aromatic N) is 4. The van der Waals surface area contributed by atoms with Crippen molar-refractivity contribution in [2.24, 2.45) is 11.5 Å². The predicted octanol–water partition coefficient (Wildman–Crippen LogP) is 3.86. The van der Waals surface area contributed by atoms with Crippen molar-refractivity contribution in [2.75, 3.05) is 12.5 Å². The number of rotatable bonds is 10. The Kier molecular flexibility index (Phi) is 8.77. The molecule has 4 rings (SSSR count).